The summed E-state index contributed by atoms with van der Waals surface area (Å²) >= 11 is 0. The van der Waals surface area contributed by atoms with E-state index < -0.39 is 0 Å². The van der Waals surface area contributed by atoms with Gasteiger partial charge in [-0.1, -0.05) is 0 Å². The molecular weight excluding hydrogens is 293 g/mol. The molecule has 1 fully saturated rings. The Morgan fingerprint density at radius 3 is 2.17 bits per heavy atom. The average molecular weight is 313 g/mol. The molecule has 1 N–H and O–H groups in total. The van der Waals surface area contributed by atoms with Gasteiger partial charge in [-0.15, -0.1) is 0 Å². The number of anilines is 2. The lowest BCUT2D eigenvalue weighted by Gasteiger charge is -2.34. The van der Waals surface area contributed by atoms with E-state index in [1.54, 1.807) is 0 Å². The zero-order valence-electron chi connectivity index (χ0n) is 13.1. The molecule has 0 radical (unpaired) electrons. The van der Waals surface area contributed by atoms with Crippen molar-refractivity contribution in [3.63, 3.8) is 0 Å². The topological polar surface area (TPSA) is 35.6 Å². The van der Waals surface area contributed by atoms with E-state index in [4.69, 9.17) is 0 Å². The number of carbonyl (C=O) groups is 1. The lowest BCUT2D eigenvalue weighted by molar-refractivity contribution is 0.102. The Hall–Kier alpha value is -2.40. The summed E-state index contributed by atoms with van der Waals surface area (Å²) in [7, 11) is 2.13. The third kappa shape index (κ3) is 3.87. The number of likely N-dealkylation sites (N-methyl/N-ethyl adjacent to an activating group) is 1. The molecular formula is C18H20FN3O. The summed E-state index contributed by atoms with van der Waals surface area (Å²) in [6.45, 7) is 4.14. The van der Waals surface area contributed by atoms with Crippen molar-refractivity contribution in [3.8, 4) is 0 Å². The van der Waals surface area contributed by atoms with Crippen LogP contribution in [-0.2, 0) is 0 Å². The molecule has 1 amide bonds. The van der Waals surface area contributed by atoms with Crippen molar-refractivity contribution >= 4 is 17.3 Å². The second-order valence-corrected chi connectivity index (χ2v) is 5.80. The lowest BCUT2D eigenvalue weighted by atomic mass is 10.2. The lowest BCUT2D eigenvalue weighted by Crippen LogP contribution is -2.44. The number of benzene rings is 2. The third-order valence-electron chi connectivity index (χ3n) is 4.10. The van der Waals surface area contributed by atoms with Gasteiger partial charge in [0.1, 0.15) is 5.82 Å². The molecule has 3 rings (SSSR count). The van der Waals surface area contributed by atoms with E-state index in [2.05, 4.69) is 22.2 Å². The van der Waals surface area contributed by atoms with E-state index in [-0.39, 0.29) is 11.7 Å². The Morgan fingerprint density at radius 2 is 1.57 bits per heavy atom. The fraction of sp³-hybridized carbons (Fsp3) is 0.278. The monoisotopic (exact) mass is 313 g/mol. The van der Waals surface area contributed by atoms with Gasteiger partial charge in [0.05, 0.1) is 0 Å². The molecule has 0 aromatic heterocycles. The smallest absolute Gasteiger partial charge is 0.255 e. The number of carbonyl (C=O) groups excluding carboxylic acids is 1. The molecule has 0 saturated carbocycles. The number of nitrogens with zero attached hydrogens (tertiary/aromatic N) is 2. The minimum atomic E-state index is -0.349. The first-order valence-electron chi connectivity index (χ1n) is 7.72. The summed E-state index contributed by atoms with van der Waals surface area (Å²) in [5.74, 6) is -0.588. The molecule has 0 spiro atoms. The normalized spacial score (nSPS) is 15.5. The molecule has 23 heavy (non-hydrogen) atoms. The highest BCUT2D eigenvalue weighted by molar-refractivity contribution is 6.04. The summed E-state index contributed by atoms with van der Waals surface area (Å²) < 4.78 is 12.9. The molecule has 2 aromatic rings. The van der Waals surface area contributed by atoms with Gasteiger partial charge in [-0.2, -0.15) is 0 Å². The highest BCUT2D eigenvalue weighted by Crippen LogP contribution is 2.19. The number of hydrogen-bond acceptors (Lipinski definition) is 3. The van der Waals surface area contributed by atoms with Crippen LogP contribution in [0.1, 0.15) is 10.4 Å². The van der Waals surface area contributed by atoms with Gasteiger partial charge in [0.2, 0.25) is 0 Å². The van der Waals surface area contributed by atoms with Crippen LogP contribution in [0.2, 0.25) is 0 Å². The molecule has 0 aliphatic carbocycles. The summed E-state index contributed by atoms with van der Waals surface area (Å²) in [6.07, 6.45) is 0. The van der Waals surface area contributed by atoms with E-state index in [1.165, 1.54) is 24.3 Å². The number of halogens is 1. The van der Waals surface area contributed by atoms with Crippen LogP contribution in [0.5, 0.6) is 0 Å². The Balaban J connectivity index is 1.63. The van der Waals surface area contributed by atoms with Crippen LogP contribution in [0.15, 0.2) is 48.5 Å². The average Bonchev–Trinajstić information content (AvgIpc) is 2.57. The zero-order chi connectivity index (χ0) is 16.2. The SMILES string of the molecule is CN1CCN(c2ccc(NC(=O)c3ccc(F)cc3)cc2)CC1. The van der Waals surface area contributed by atoms with Crippen LogP contribution in [-0.4, -0.2) is 44.0 Å². The van der Waals surface area contributed by atoms with Crippen LogP contribution in [0.4, 0.5) is 15.8 Å². The second kappa shape index (κ2) is 6.79. The van der Waals surface area contributed by atoms with Gasteiger partial charge in [-0.25, -0.2) is 4.39 Å². The number of rotatable bonds is 3. The minimum Gasteiger partial charge on any atom is -0.369 e. The highest BCUT2D eigenvalue weighted by Gasteiger charge is 2.14. The quantitative estimate of drug-likeness (QED) is 0.946. The molecule has 0 bridgehead atoms. The van der Waals surface area contributed by atoms with Gasteiger partial charge < -0.3 is 15.1 Å². The fourth-order valence-electron chi connectivity index (χ4n) is 2.62. The standard InChI is InChI=1S/C18H20FN3O/c1-21-10-12-22(13-11-21)17-8-6-16(7-9-17)20-18(23)14-2-4-15(19)5-3-14/h2-9H,10-13H2,1H3,(H,20,23). The summed E-state index contributed by atoms with van der Waals surface area (Å²) in [5, 5.41) is 2.83. The highest BCUT2D eigenvalue weighted by atomic mass is 19.1. The first-order chi connectivity index (χ1) is 11.1. The van der Waals surface area contributed by atoms with Crippen molar-refractivity contribution in [2.75, 3.05) is 43.4 Å². The van der Waals surface area contributed by atoms with Gasteiger partial charge in [0.25, 0.3) is 5.91 Å². The maximum absolute atomic E-state index is 12.9. The van der Waals surface area contributed by atoms with Crippen molar-refractivity contribution in [1.29, 1.82) is 0 Å². The molecule has 0 atom stereocenters. The maximum atomic E-state index is 12.9. The van der Waals surface area contributed by atoms with E-state index in [0.29, 0.717) is 5.56 Å². The van der Waals surface area contributed by atoms with E-state index >= 15 is 0 Å². The number of piperazine rings is 1. The van der Waals surface area contributed by atoms with Crippen molar-refractivity contribution in [2.24, 2.45) is 0 Å². The summed E-state index contributed by atoms with van der Waals surface area (Å²) in [5.41, 5.74) is 2.34. The third-order valence-corrected chi connectivity index (χ3v) is 4.10. The summed E-state index contributed by atoms with van der Waals surface area (Å²) in [4.78, 5) is 16.8. The van der Waals surface area contributed by atoms with E-state index in [1.807, 2.05) is 24.3 Å². The van der Waals surface area contributed by atoms with Crippen LogP contribution in [0.3, 0.4) is 0 Å². The van der Waals surface area contributed by atoms with Gasteiger partial charge in [0, 0.05) is 43.1 Å². The van der Waals surface area contributed by atoms with Crippen LogP contribution < -0.4 is 10.2 Å². The van der Waals surface area contributed by atoms with Gasteiger partial charge >= 0.3 is 0 Å². The van der Waals surface area contributed by atoms with Crippen LogP contribution in [0, 0.1) is 5.82 Å². The predicted octanol–water partition coefficient (Wildman–Crippen LogP) is 2.83. The Kier molecular flexibility index (Phi) is 4.57. The Labute approximate surface area is 135 Å². The maximum Gasteiger partial charge on any atom is 0.255 e. The molecule has 1 aliphatic rings. The van der Waals surface area contributed by atoms with Crippen LogP contribution >= 0.6 is 0 Å². The van der Waals surface area contributed by atoms with Crippen molar-refractivity contribution in [1.82, 2.24) is 4.90 Å². The van der Waals surface area contributed by atoms with Gasteiger partial charge in [0.15, 0.2) is 0 Å². The van der Waals surface area contributed by atoms with E-state index in [0.717, 1.165) is 37.6 Å². The number of hydrogen-bond donors (Lipinski definition) is 1. The fourth-order valence-corrected chi connectivity index (χ4v) is 2.62. The largest absolute Gasteiger partial charge is 0.369 e. The van der Waals surface area contributed by atoms with E-state index in [9.17, 15) is 9.18 Å². The van der Waals surface area contributed by atoms with Gasteiger partial charge in [-0.3, -0.25) is 4.79 Å². The van der Waals surface area contributed by atoms with Crippen molar-refractivity contribution in [3.05, 3.63) is 59.9 Å². The molecule has 2 aromatic carbocycles. The molecule has 5 heteroatoms. The zero-order valence-corrected chi connectivity index (χ0v) is 13.1. The van der Waals surface area contributed by atoms with Crippen molar-refractivity contribution in [2.45, 2.75) is 0 Å². The first kappa shape index (κ1) is 15.5. The summed E-state index contributed by atoms with van der Waals surface area (Å²) in [6, 6.07) is 13.4. The predicted molar refractivity (Wildman–Crippen MR) is 90.5 cm³/mol. The first-order valence-corrected chi connectivity index (χ1v) is 7.72. The number of amides is 1. The molecule has 4 nitrogen and oxygen atoms in total. The van der Waals surface area contributed by atoms with Gasteiger partial charge in [-0.05, 0) is 55.6 Å². The second-order valence-electron chi connectivity index (χ2n) is 5.80. The van der Waals surface area contributed by atoms with Crippen LogP contribution in [0.25, 0.3) is 0 Å². The molecule has 1 heterocycles. The molecule has 1 saturated heterocycles. The number of nitrogens with one attached hydrogen (secondary N) is 1. The van der Waals surface area contributed by atoms with Crippen molar-refractivity contribution < 1.29 is 9.18 Å². The molecule has 0 unspecified atom stereocenters. The Bertz CT molecular complexity index is 662. The molecule has 120 valence electrons. The minimum absolute atomic E-state index is 0.239. The molecule has 1 aliphatic heterocycles. The Morgan fingerprint density at radius 1 is 0.957 bits per heavy atom.